The summed E-state index contributed by atoms with van der Waals surface area (Å²) in [5.41, 5.74) is 0.387. The van der Waals surface area contributed by atoms with Crippen LogP contribution in [0.1, 0.15) is 39.5 Å². The average Bonchev–Trinajstić information content (AvgIpc) is 2.17. The zero-order valence-corrected chi connectivity index (χ0v) is 9.30. The fourth-order valence-corrected chi connectivity index (χ4v) is 3.07. The summed E-state index contributed by atoms with van der Waals surface area (Å²) in [5, 5.41) is 0. The lowest BCUT2D eigenvalue weighted by atomic mass is 9.56. The van der Waals surface area contributed by atoms with Crippen LogP contribution in [0.2, 0.25) is 0 Å². The maximum Gasteiger partial charge on any atom is 0.409 e. The smallest absolute Gasteiger partial charge is 0.409 e. The van der Waals surface area contributed by atoms with E-state index in [0.717, 1.165) is 13.0 Å². The zero-order chi connectivity index (χ0) is 10.4. The molecule has 3 heteroatoms. The third-order valence-corrected chi connectivity index (χ3v) is 4.44. The highest BCUT2D eigenvalue weighted by Crippen LogP contribution is 2.55. The number of hydrogen-bond donors (Lipinski definition) is 0. The summed E-state index contributed by atoms with van der Waals surface area (Å²) >= 11 is 0. The molecule has 0 aromatic heterocycles. The van der Waals surface area contributed by atoms with Crippen LogP contribution in [-0.2, 0) is 4.74 Å². The van der Waals surface area contributed by atoms with Crippen LogP contribution in [0.3, 0.4) is 0 Å². The molecule has 1 aliphatic heterocycles. The predicted molar refractivity (Wildman–Crippen MR) is 54.1 cm³/mol. The fourth-order valence-electron chi connectivity index (χ4n) is 3.07. The van der Waals surface area contributed by atoms with Crippen LogP contribution in [0.25, 0.3) is 0 Å². The first-order valence-electron chi connectivity index (χ1n) is 5.39. The molecule has 0 spiro atoms. The Kier molecular flexibility index (Phi) is 2.02. The number of fused-ring (bicyclic) bond motifs is 1. The van der Waals surface area contributed by atoms with Crippen molar-refractivity contribution in [1.82, 2.24) is 4.90 Å². The van der Waals surface area contributed by atoms with Gasteiger partial charge in [-0.15, -0.1) is 0 Å². The highest BCUT2D eigenvalue weighted by molar-refractivity contribution is 5.70. The van der Waals surface area contributed by atoms with Crippen molar-refractivity contribution in [1.29, 1.82) is 0 Å². The third kappa shape index (κ3) is 1.01. The summed E-state index contributed by atoms with van der Waals surface area (Å²) in [6.45, 7) is 5.37. The molecule has 2 fully saturated rings. The number of amides is 1. The van der Waals surface area contributed by atoms with E-state index in [9.17, 15) is 4.79 Å². The first kappa shape index (κ1) is 9.81. The summed E-state index contributed by atoms with van der Waals surface area (Å²) in [4.78, 5) is 13.4. The van der Waals surface area contributed by atoms with E-state index in [1.165, 1.54) is 26.4 Å². The number of carbonyl (C=O) groups is 1. The molecule has 2 aliphatic rings. The van der Waals surface area contributed by atoms with Gasteiger partial charge in [0.05, 0.1) is 12.6 Å². The van der Waals surface area contributed by atoms with Crippen LogP contribution in [-0.4, -0.2) is 30.2 Å². The van der Waals surface area contributed by atoms with E-state index in [4.69, 9.17) is 4.74 Å². The predicted octanol–water partition coefficient (Wildman–Crippen LogP) is 2.41. The number of hydrogen-bond acceptors (Lipinski definition) is 2. The molecule has 1 saturated heterocycles. The van der Waals surface area contributed by atoms with E-state index >= 15 is 0 Å². The van der Waals surface area contributed by atoms with Gasteiger partial charge in [-0.2, -0.15) is 0 Å². The van der Waals surface area contributed by atoms with Gasteiger partial charge in [-0.1, -0.05) is 19.8 Å². The largest absolute Gasteiger partial charge is 0.453 e. The molecule has 2 rings (SSSR count). The molecule has 1 heterocycles. The van der Waals surface area contributed by atoms with Gasteiger partial charge in [0.2, 0.25) is 0 Å². The minimum Gasteiger partial charge on any atom is -0.453 e. The second-order valence-corrected chi connectivity index (χ2v) is 5.10. The second kappa shape index (κ2) is 2.88. The van der Waals surface area contributed by atoms with Crippen molar-refractivity contribution in [3.63, 3.8) is 0 Å². The Bertz CT molecular complexity index is 266. The molecule has 80 valence electrons. The van der Waals surface area contributed by atoms with E-state index in [0.29, 0.717) is 5.41 Å². The normalized spacial score (nSPS) is 41.2. The van der Waals surface area contributed by atoms with Gasteiger partial charge in [-0.05, 0) is 19.8 Å². The lowest BCUT2D eigenvalue weighted by Crippen LogP contribution is -2.74. The van der Waals surface area contributed by atoms with Crippen LogP contribution in [0, 0.1) is 5.41 Å². The maximum absolute atomic E-state index is 11.5. The molecule has 14 heavy (non-hydrogen) atoms. The molecule has 2 atom stereocenters. The van der Waals surface area contributed by atoms with Crippen molar-refractivity contribution in [2.45, 2.75) is 45.1 Å². The average molecular weight is 197 g/mol. The first-order chi connectivity index (χ1) is 6.53. The van der Waals surface area contributed by atoms with Crippen molar-refractivity contribution >= 4 is 6.09 Å². The van der Waals surface area contributed by atoms with Gasteiger partial charge in [0.1, 0.15) is 0 Å². The summed E-state index contributed by atoms with van der Waals surface area (Å²) in [6, 6.07) is 0. The number of methoxy groups -OCH3 is 1. The minimum absolute atomic E-state index is 0.0539. The molecular formula is C11H19NO2. The highest BCUT2D eigenvalue weighted by Gasteiger charge is 2.61. The zero-order valence-electron chi connectivity index (χ0n) is 9.30. The quantitative estimate of drug-likeness (QED) is 0.597. The molecule has 1 saturated carbocycles. The number of carbonyl (C=O) groups excluding carboxylic acids is 1. The van der Waals surface area contributed by atoms with Crippen molar-refractivity contribution in [3.8, 4) is 0 Å². The van der Waals surface area contributed by atoms with Gasteiger partial charge in [-0.25, -0.2) is 4.79 Å². The molecular weight excluding hydrogens is 178 g/mol. The summed E-state index contributed by atoms with van der Waals surface area (Å²) in [6.07, 6.45) is 4.75. The van der Waals surface area contributed by atoms with Crippen LogP contribution >= 0.6 is 0 Å². The minimum atomic E-state index is -0.160. The Balaban J connectivity index is 2.17. The molecule has 0 aromatic carbocycles. The van der Waals surface area contributed by atoms with E-state index < -0.39 is 0 Å². The van der Waals surface area contributed by atoms with Gasteiger partial charge in [0, 0.05) is 12.0 Å². The Hall–Kier alpha value is -0.730. The Morgan fingerprint density at radius 2 is 1.93 bits per heavy atom. The van der Waals surface area contributed by atoms with Gasteiger partial charge in [-0.3, -0.25) is 0 Å². The van der Waals surface area contributed by atoms with Crippen LogP contribution < -0.4 is 0 Å². The molecule has 3 nitrogen and oxygen atoms in total. The molecule has 1 aliphatic carbocycles. The number of nitrogens with zero attached hydrogens (tertiary/aromatic N) is 1. The lowest BCUT2D eigenvalue weighted by molar-refractivity contribution is -0.144. The van der Waals surface area contributed by atoms with Crippen LogP contribution in [0.4, 0.5) is 4.79 Å². The fraction of sp³-hybridized carbons (Fsp3) is 0.909. The maximum atomic E-state index is 11.5. The SMILES string of the molecule is COC(=O)N1C[C@]2(C)CCCC[C@]12C. The van der Waals surface area contributed by atoms with Crippen LogP contribution in [0.15, 0.2) is 0 Å². The van der Waals surface area contributed by atoms with Crippen molar-refractivity contribution in [3.05, 3.63) is 0 Å². The summed E-state index contributed by atoms with van der Waals surface area (Å²) < 4.78 is 4.80. The molecule has 0 aromatic rings. The van der Waals surface area contributed by atoms with E-state index in [-0.39, 0.29) is 11.6 Å². The molecule has 0 unspecified atom stereocenters. The third-order valence-electron chi connectivity index (χ3n) is 4.44. The van der Waals surface area contributed by atoms with Gasteiger partial charge < -0.3 is 9.64 Å². The number of rotatable bonds is 0. The van der Waals surface area contributed by atoms with E-state index in [1.54, 1.807) is 0 Å². The summed E-state index contributed by atoms with van der Waals surface area (Å²) in [7, 11) is 1.46. The second-order valence-electron chi connectivity index (χ2n) is 5.10. The van der Waals surface area contributed by atoms with Gasteiger partial charge in [0.15, 0.2) is 0 Å². The Morgan fingerprint density at radius 3 is 2.50 bits per heavy atom. The topological polar surface area (TPSA) is 29.5 Å². The first-order valence-corrected chi connectivity index (χ1v) is 5.39. The molecule has 0 radical (unpaired) electrons. The molecule has 0 N–H and O–H groups in total. The number of ether oxygens (including phenoxy) is 1. The van der Waals surface area contributed by atoms with Gasteiger partial charge in [0.25, 0.3) is 0 Å². The molecule has 1 amide bonds. The standard InChI is InChI=1S/C11H19NO2/c1-10-6-4-5-7-11(10,2)12(8-10)9(13)14-3/h4-8H2,1-3H3/t10-,11-/m0/s1. The lowest BCUT2D eigenvalue weighted by Gasteiger charge is -2.65. The van der Waals surface area contributed by atoms with Gasteiger partial charge >= 0.3 is 6.09 Å². The monoisotopic (exact) mass is 197 g/mol. The van der Waals surface area contributed by atoms with Crippen molar-refractivity contribution in [2.75, 3.05) is 13.7 Å². The number of likely N-dealkylation sites (tertiary alicyclic amines) is 1. The van der Waals surface area contributed by atoms with Crippen molar-refractivity contribution in [2.24, 2.45) is 5.41 Å². The van der Waals surface area contributed by atoms with Crippen LogP contribution in [0.5, 0.6) is 0 Å². The molecule has 0 bridgehead atoms. The van der Waals surface area contributed by atoms with Crippen molar-refractivity contribution < 1.29 is 9.53 Å². The summed E-state index contributed by atoms with van der Waals surface area (Å²) in [5.74, 6) is 0. The van der Waals surface area contributed by atoms with E-state index in [1.807, 2.05) is 4.90 Å². The Morgan fingerprint density at radius 1 is 1.29 bits per heavy atom. The van der Waals surface area contributed by atoms with E-state index in [2.05, 4.69) is 13.8 Å². The Labute approximate surface area is 85.4 Å². The highest BCUT2D eigenvalue weighted by atomic mass is 16.5.